The summed E-state index contributed by atoms with van der Waals surface area (Å²) in [5.74, 6) is 0. The monoisotopic (exact) mass is 418 g/mol. The largest absolute Gasteiger partial charge is 0.412 e. The first kappa shape index (κ1) is 18.6. The van der Waals surface area contributed by atoms with Gasteiger partial charge in [-0.1, -0.05) is 77.6 Å². The van der Waals surface area contributed by atoms with Gasteiger partial charge in [-0.05, 0) is 12.8 Å². The number of rotatable bonds is 2. The Hall–Kier alpha value is 1.88. The molecule has 11 heavy (non-hydrogen) atoms. The van der Waals surface area contributed by atoms with E-state index in [4.69, 9.17) is 0 Å². The minimum absolute atomic E-state index is 0. The van der Waals surface area contributed by atoms with Crippen LogP contribution in [-0.4, -0.2) is 12.9 Å². The van der Waals surface area contributed by atoms with Gasteiger partial charge in [-0.15, -0.1) is 0 Å². The number of alkyl halides is 4. The fraction of sp³-hybridized carbons (Fsp3) is 1.00. The van der Waals surface area contributed by atoms with E-state index in [-0.39, 0.29) is 5.48 Å². The molecule has 0 saturated carbocycles. The summed E-state index contributed by atoms with van der Waals surface area (Å²) in [7, 11) is 0. The molecule has 0 unspecified atom stereocenters. The van der Waals surface area contributed by atoms with E-state index in [1.165, 1.54) is 0 Å². The molecule has 0 fully saturated rings. The van der Waals surface area contributed by atoms with Crippen molar-refractivity contribution in [1.82, 2.24) is 0 Å². The molecule has 0 amide bonds. The Labute approximate surface area is 103 Å². The SMILES string of the molecule is CCC(Br)Br.CCC(Br)Br.O. The summed E-state index contributed by atoms with van der Waals surface area (Å²) in [5, 5.41) is 0. The van der Waals surface area contributed by atoms with Gasteiger partial charge < -0.3 is 5.48 Å². The van der Waals surface area contributed by atoms with Crippen LogP contribution in [-0.2, 0) is 0 Å². The highest BCUT2D eigenvalue weighted by Crippen LogP contribution is 2.10. The van der Waals surface area contributed by atoms with E-state index in [1.807, 2.05) is 0 Å². The summed E-state index contributed by atoms with van der Waals surface area (Å²) in [4.78, 5) is 0. The molecule has 2 N–H and O–H groups in total. The molecular weight excluding hydrogens is 408 g/mol. The molecule has 0 rings (SSSR count). The molecule has 1 nitrogen and oxygen atoms in total. The van der Waals surface area contributed by atoms with E-state index >= 15 is 0 Å². The first-order valence-electron chi connectivity index (χ1n) is 3.10. The minimum atomic E-state index is 0. The van der Waals surface area contributed by atoms with E-state index in [0.29, 0.717) is 7.47 Å². The van der Waals surface area contributed by atoms with Gasteiger partial charge in [0.1, 0.15) is 0 Å². The van der Waals surface area contributed by atoms with Crippen molar-refractivity contribution in [2.45, 2.75) is 34.2 Å². The van der Waals surface area contributed by atoms with Crippen molar-refractivity contribution in [3.63, 3.8) is 0 Å². The smallest absolute Gasteiger partial charge is 0.0695 e. The van der Waals surface area contributed by atoms with Crippen LogP contribution in [0, 0.1) is 0 Å². The van der Waals surface area contributed by atoms with E-state index in [9.17, 15) is 0 Å². The van der Waals surface area contributed by atoms with Crippen molar-refractivity contribution in [1.29, 1.82) is 0 Å². The van der Waals surface area contributed by atoms with Gasteiger partial charge in [-0.3, -0.25) is 0 Å². The van der Waals surface area contributed by atoms with Gasteiger partial charge in [0.05, 0.1) is 7.47 Å². The topological polar surface area (TPSA) is 31.5 Å². The maximum atomic E-state index is 3.29. The summed E-state index contributed by atoms with van der Waals surface area (Å²) in [6, 6.07) is 0. The summed E-state index contributed by atoms with van der Waals surface area (Å²) >= 11 is 13.2. The Morgan fingerprint density at radius 3 is 0.909 bits per heavy atom. The molecule has 0 aromatic heterocycles. The van der Waals surface area contributed by atoms with E-state index in [2.05, 4.69) is 77.6 Å². The molecule has 0 aliphatic carbocycles. The Balaban J connectivity index is -0.000000107. The molecule has 0 aliphatic rings. The summed E-state index contributed by atoms with van der Waals surface area (Å²) in [6.07, 6.45) is 2.28. The predicted molar refractivity (Wildman–Crippen MR) is 67.5 cm³/mol. The van der Waals surface area contributed by atoms with E-state index in [0.717, 1.165) is 12.8 Å². The zero-order valence-electron chi connectivity index (χ0n) is 6.58. The third-order valence-corrected chi connectivity index (χ3v) is 3.21. The van der Waals surface area contributed by atoms with Gasteiger partial charge in [0.25, 0.3) is 0 Å². The van der Waals surface area contributed by atoms with E-state index < -0.39 is 0 Å². The highest BCUT2D eigenvalue weighted by molar-refractivity contribution is 9.25. The zero-order chi connectivity index (χ0) is 8.57. The molecule has 0 saturated heterocycles. The van der Waals surface area contributed by atoms with Crippen molar-refractivity contribution in [2.75, 3.05) is 0 Å². The third-order valence-electron chi connectivity index (χ3n) is 0.617. The summed E-state index contributed by atoms with van der Waals surface area (Å²) < 4.78 is 1.02. The van der Waals surface area contributed by atoms with Crippen LogP contribution in [0.15, 0.2) is 0 Å². The number of halogens is 4. The predicted octanol–water partition coefficient (Wildman–Crippen LogP) is 4.20. The van der Waals surface area contributed by atoms with Crippen molar-refractivity contribution in [2.24, 2.45) is 0 Å². The van der Waals surface area contributed by atoms with Crippen LogP contribution in [0.2, 0.25) is 0 Å². The molecule has 0 heterocycles. The first-order chi connectivity index (χ1) is 4.54. The Morgan fingerprint density at radius 1 is 0.818 bits per heavy atom. The van der Waals surface area contributed by atoms with Crippen LogP contribution in [0.5, 0.6) is 0 Å². The fourth-order valence-corrected chi connectivity index (χ4v) is 0. The van der Waals surface area contributed by atoms with Crippen LogP contribution in [0.3, 0.4) is 0 Å². The van der Waals surface area contributed by atoms with Gasteiger partial charge in [0.2, 0.25) is 0 Å². The van der Waals surface area contributed by atoms with Crippen molar-refractivity contribution < 1.29 is 5.48 Å². The molecular formula is C6H14Br4O. The van der Waals surface area contributed by atoms with Gasteiger partial charge in [0, 0.05) is 0 Å². The Morgan fingerprint density at radius 2 is 0.909 bits per heavy atom. The second-order valence-corrected chi connectivity index (χ2v) is 8.48. The molecule has 0 radical (unpaired) electrons. The standard InChI is InChI=1S/2C3H6Br2.H2O/c2*1-2-3(4)5;/h2*3H,2H2,1H3;1H2. The summed E-state index contributed by atoms with van der Waals surface area (Å²) in [6.45, 7) is 4.21. The van der Waals surface area contributed by atoms with Gasteiger partial charge >= 0.3 is 0 Å². The molecule has 72 valence electrons. The maximum Gasteiger partial charge on any atom is 0.0695 e. The Bertz CT molecular complexity index is 50.5. The lowest BCUT2D eigenvalue weighted by molar-refractivity contribution is 0.824. The van der Waals surface area contributed by atoms with Gasteiger partial charge in [-0.2, -0.15) is 0 Å². The maximum absolute atomic E-state index is 3.29. The molecule has 5 heteroatoms. The Kier molecular flexibility index (Phi) is 24.4. The number of hydrogen-bond acceptors (Lipinski definition) is 0. The normalized spacial score (nSPS) is 8.73. The van der Waals surface area contributed by atoms with Crippen molar-refractivity contribution in [3.8, 4) is 0 Å². The van der Waals surface area contributed by atoms with Crippen LogP contribution < -0.4 is 0 Å². The molecule has 0 atom stereocenters. The van der Waals surface area contributed by atoms with Gasteiger partial charge in [0.15, 0.2) is 0 Å². The average Bonchev–Trinajstić information content (AvgIpc) is 1.89. The zero-order valence-corrected chi connectivity index (χ0v) is 12.9. The highest BCUT2D eigenvalue weighted by Gasteiger charge is 1.85. The average molecular weight is 422 g/mol. The second kappa shape index (κ2) is 14.4. The molecule has 0 aliphatic heterocycles. The number of hydrogen-bond donors (Lipinski definition) is 0. The van der Waals surface area contributed by atoms with Crippen LogP contribution in [0.4, 0.5) is 0 Å². The summed E-state index contributed by atoms with van der Waals surface area (Å²) in [5.41, 5.74) is 0. The lowest BCUT2D eigenvalue weighted by Crippen LogP contribution is -1.73. The first-order valence-corrected chi connectivity index (χ1v) is 6.77. The van der Waals surface area contributed by atoms with E-state index in [1.54, 1.807) is 0 Å². The van der Waals surface area contributed by atoms with Crippen molar-refractivity contribution in [3.05, 3.63) is 0 Å². The van der Waals surface area contributed by atoms with Crippen LogP contribution >= 0.6 is 63.7 Å². The molecule has 0 aromatic rings. The minimum Gasteiger partial charge on any atom is -0.412 e. The second-order valence-electron chi connectivity index (χ2n) is 1.60. The third kappa shape index (κ3) is 33.5. The van der Waals surface area contributed by atoms with Crippen molar-refractivity contribution >= 4 is 63.7 Å². The molecule has 0 aromatic carbocycles. The lowest BCUT2D eigenvalue weighted by Gasteiger charge is -1.85. The van der Waals surface area contributed by atoms with Crippen LogP contribution in [0.1, 0.15) is 26.7 Å². The lowest BCUT2D eigenvalue weighted by atomic mass is 10.6. The van der Waals surface area contributed by atoms with Crippen LogP contribution in [0.25, 0.3) is 0 Å². The van der Waals surface area contributed by atoms with Gasteiger partial charge in [-0.25, -0.2) is 0 Å². The highest BCUT2D eigenvalue weighted by atomic mass is 79.9. The molecule has 0 bridgehead atoms. The fourth-order valence-electron chi connectivity index (χ4n) is 0. The molecule has 0 spiro atoms. The quantitative estimate of drug-likeness (QED) is 0.599.